The predicted octanol–water partition coefficient (Wildman–Crippen LogP) is 2.71. The van der Waals surface area contributed by atoms with Gasteiger partial charge in [-0.1, -0.05) is 56.2 Å². The molecule has 1 aromatic rings. The Labute approximate surface area is 299 Å². The maximum absolute atomic E-state index is 14.3. The Hall–Kier alpha value is -4.18. The minimum absolute atomic E-state index is 0.0711. The van der Waals surface area contributed by atoms with Crippen molar-refractivity contribution in [3.63, 3.8) is 0 Å². The van der Waals surface area contributed by atoms with Crippen molar-refractivity contribution >= 4 is 40.1 Å². The van der Waals surface area contributed by atoms with Crippen molar-refractivity contribution in [1.82, 2.24) is 29.5 Å². The monoisotopic (exact) mass is 730 g/mol. The van der Waals surface area contributed by atoms with Crippen molar-refractivity contribution < 1.29 is 41.9 Å². The lowest BCUT2D eigenvalue weighted by molar-refractivity contribution is -0.141. The standard InChI is InChI=1S/C35H50N6O9S/c1-6-39(5)51(47,48)38-31(44)35-19-25(35)16-10-8-7-9-11-17-27(36-32(45)50-34(2,3)4)30(43)41-22-26(18-28(41)29(42)37-35)49-33(46)40-20-23-14-12-13-15-24(23)21-40/h10,12-16,25-28H,6-9,11,17-22H2,1-5H3,(H,36,45)(H,37,42)(H,38,44)/b16-10-/t25-,26-,27+,28?,35-/m1/s1. The fourth-order valence-corrected chi connectivity index (χ4v) is 7.66. The van der Waals surface area contributed by atoms with Crippen LogP contribution in [0.2, 0.25) is 0 Å². The lowest BCUT2D eigenvalue weighted by Gasteiger charge is -2.30. The van der Waals surface area contributed by atoms with E-state index in [0.717, 1.165) is 28.3 Å². The van der Waals surface area contributed by atoms with Gasteiger partial charge in [0, 0.05) is 39.0 Å². The lowest BCUT2D eigenvalue weighted by Crippen LogP contribution is -2.59. The number of benzene rings is 1. The molecule has 51 heavy (non-hydrogen) atoms. The van der Waals surface area contributed by atoms with E-state index in [0.29, 0.717) is 25.9 Å². The van der Waals surface area contributed by atoms with E-state index in [2.05, 4.69) is 15.4 Å². The van der Waals surface area contributed by atoms with E-state index in [9.17, 15) is 32.4 Å². The van der Waals surface area contributed by atoms with Crippen molar-refractivity contribution in [2.24, 2.45) is 5.92 Å². The first kappa shape index (κ1) is 38.1. The molecule has 3 heterocycles. The first-order valence-electron chi connectivity index (χ1n) is 17.6. The van der Waals surface area contributed by atoms with Crippen LogP contribution in [0.25, 0.3) is 0 Å². The number of carbonyl (C=O) groups excluding carboxylic acids is 5. The van der Waals surface area contributed by atoms with E-state index in [4.69, 9.17) is 9.47 Å². The molecule has 1 unspecified atom stereocenters. The number of hydrogen-bond donors (Lipinski definition) is 3. The average molecular weight is 731 g/mol. The van der Waals surface area contributed by atoms with Gasteiger partial charge in [0.2, 0.25) is 11.8 Å². The summed E-state index contributed by atoms with van der Waals surface area (Å²) < 4.78 is 40.1. The summed E-state index contributed by atoms with van der Waals surface area (Å²) in [6.45, 7) is 7.45. The summed E-state index contributed by atoms with van der Waals surface area (Å²) in [6, 6.07) is 5.43. The topological polar surface area (TPSA) is 184 Å². The lowest BCUT2D eigenvalue weighted by atomic mass is 10.0. The zero-order valence-electron chi connectivity index (χ0n) is 30.0. The van der Waals surface area contributed by atoms with Gasteiger partial charge in [-0.2, -0.15) is 12.7 Å². The van der Waals surface area contributed by atoms with Crippen molar-refractivity contribution in [3.8, 4) is 0 Å². The van der Waals surface area contributed by atoms with Gasteiger partial charge in [0.1, 0.15) is 29.3 Å². The van der Waals surface area contributed by atoms with Gasteiger partial charge in [0.05, 0.1) is 6.54 Å². The highest BCUT2D eigenvalue weighted by Crippen LogP contribution is 2.46. The SMILES string of the molecule is CCN(C)S(=O)(=O)NC(=O)[C@@]12C[C@H]1/C=C\CCCCC[C@H](NC(=O)OC(C)(C)C)C(=O)N1C[C@H](OC(=O)N3Cc4ccccc4C3)CC1C(=O)N2. The summed E-state index contributed by atoms with van der Waals surface area (Å²) in [5.74, 6) is -2.62. The minimum atomic E-state index is -4.18. The fraction of sp³-hybridized carbons (Fsp3) is 0.629. The Morgan fingerprint density at radius 1 is 1.08 bits per heavy atom. The molecule has 5 amide bonds. The predicted molar refractivity (Wildman–Crippen MR) is 186 cm³/mol. The van der Waals surface area contributed by atoms with Crippen molar-refractivity contribution in [1.29, 1.82) is 0 Å². The molecule has 1 saturated heterocycles. The molecule has 0 radical (unpaired) electrons. The molecular weight excluding hydrogens is 680 g/mol. The summed E-state index contributed by atoms with van der Waals surface area (Å²) >= 11 is 0. The van der Waals surface area contributed by atoms with Crippen LogP contribution in [0, 0.1) is 5.92 Å². The molecule has 280 valence electrons. The van der Waals surface area contributed by atoms with Crippen LogP contribution in [0.15, 0.2) is 36.4 Å². The van der Waals surface area contributed by atoms with Gasteiger partial charge >= 0.3 is 22.4 Å². The molecule has 1 aromatic carbocycles. The number of nitrogens with one attached hydrogen (secondary N) is 3. The molecule has 0 spiro atoms. The van der Waals surface area contributed by atoms with Crippen molar-refractivity contribution in [3.05, 3.63) is 47.5 Å². The Morgan fingerprint density at radius 2 is 1.76 bits per heavy atom. The molecule has 0 aromatic heterocycles. The molecule has 3 N–H and O–H groups in total. The number of amides is 5. The Morgan fingerprint density at radius 3 is 2.41 bits per heavy atom. The van der Waals surface area contributed by atoms with Crippen LogP contribution in [-0.2, 0) is 47.2 Å². The third-order valence-electron chi connectivity index (χ3n) is 9.78. The number of nitrogens with zero attached hydrogens (tertiary/aromatic N) is 3. The van der Waals surface area contributed by atoms with Crippen LogP contribution in [0.1, 0.15) is 83.8 Å². The molecule has 16 heteroatoms. The second kappa shape index (κ2) is 15.2. The third kappa shape index (κ3) is 9.01. The number of allylic oxidation sites excluding steroid dienone is 1. The van der Waals surface area contributed by atoms with Crippen LogP contribution in [0.5, 0.6) is 0 Å². The summed E-state index contributed by atoms with van der Waals surface area (Å²) in [4.78, 5) is 71.2. The summed E-state index contributed by atoms with van der Waals surface area (Å²) in [5.41, 5.74) is -0.390. The normalized spacial score (nSPS) is 27.6. The van der Waals surface area contributed by atoms with E-state index >= 15 is 0 Å². The van der Waals surface area contributed by atoms with Crippen molar-refractivity contribution in [2.45, 2.75) is 115 Å². The van der Waals surface area contributed by atoms with Gasteiger partial charge in [0.25, 0.3) is 5.91 Å². The van der Waals surface area contributed by atoms with Crippen molar-refractivity contribution in [2.75, 3.05) is 20.1 Å². The highest BCUT2D eigenvalue weighted by Gasteiger charge is 2.62. The van der Waals surface area contributed by atoms with E-state index in [-0.39, 0.29) is 32.4 Å². The van der Waals surface area contributed by atoms with E-state index < -0.39 is 75.4 Å². The minimum Gasteiger partial charge on any atom is -0.444 e. The first-order valence-corrected chi connectivity index (χ1v) is 19.1. The number of alkyl carbamates (subject to hydrolysis) is 1. The Balaban J connectivity index is 1.41. The summed E-state index contributed by atoms with van der Waals surface area (Å²) in [7, 11) is -2.85. The quantitative estimate of drug-likeness (QED) is 0.371. The van der Waals surface area contributed by atoms with Gasteiger partial charge in [-0.15, -0.1) is 0 Å². The molecule has 15 nitrogen and oxygen atoms in total. The maximum Gasteiger partial charge on any atom is 0.410 e. The molecule has 2 fully saturated rings. The Bertz CT molecular complexity index is 1640. The van der Waals surface area contributed by atoms with E-state index in [1.54, 1.807) is 32.6 Å². The number of carbonyl (C=O) groups is 5. The molecule has 1 aliphatic carbocycles. The van der Waals surface area contributed by atoms with Crippen LogP contribution < -0.4 is 15.4 Å². The van der Waals surface area contributed by atoms with E-state index in [1.165, 1.54) is 11.9 Å². The average Bonchev–Trinajstić information content (AvgIpc) is 3.36. The van der Waals surface area contributed by atoms with Crippen LogP contribution in [0.3, 0.4) is 0 Å². The van der Waals surface area contributed by atoms with Crippen LogP contribution in [-0.4, -0.2) is 102 Å². The molecule has 5 rings (SSSR count). The zero-order valence-corrected chi connectivity index (χ0v) is 30.8. The van der Waals surface area contributed by atoms with Crippen LogP contribution in [0.4, 0.5) is 9.59 Å². The molecule has 5 atom stereocenters. The second-order valence-electron chi connectivity index (χ2n) is 14.8. The van der Waals surface area contributed by atoms with Crippen LogP contribution >= 0.6 is 0 Å². The second-order valence-corrected chi connectivity index (χ2v) is 16.5. The molecular formula is C35H50N6O9S. The number of hydrogen-bond acceptors (Lipinski definition) is 9. The number of fused-ring (bicyclic) bond motifs is 3. The molecule has 1 saturated carbocycles. The number of rotatable bonds is 6. The highest BCUT2D eigenvalue weighted by molar-refractivity contribution is 7.87. The molecule has 4 aliphatic rings. The first-order chi connectivity index (χ1) is 24.0. The highest BCUT2D eigenvalue weighted by atomic mass is 32.2. The Kier molecular flexibility index (Phi) is 11.3. The van der Waals surface area contributed by atoms with Gasteiger partial charge in [-0.25, -0.2) is 14.3 Å². The van der Waals surface area contributed by atoms with Gasteiger partial charge in [-0.3, -0.25) is 19.3 Å². The third-order valence-corrected chi connectivity index (χ3v) is 11.3. The zero-order chi connectivity index (χ0) is 37.1. The maximum atomic E-state index is 14.3. The smallest absolute Gasteiger partial charge is 0.410 e. The van der Waals surface area contributed by atoms with E-state index in [1.807, 2.05) is 36.4 Å². The van der Waals surface area contributed by atoms with Gasteiger partial charge in [-0.05, 0) is 57.6 Å². The summed E-state index contributed by atoms with van der Waals surface area (Å²) in [6.07, 6.45) is 4.61. The van der Waals surface area contributed by atoms with Gasteiger partial charge in [0.15, 0.2) is 0 Å². The fourth-order valence-electron chi connectivity index (χ4n) is 6.75. The molecule has 3 aliphatic heterocycles. The largest absolute Gasteiger partial charge is 0.444 e. The van der Waals surface area contributed by atoms with Gasteiger partial charge < -0.3 is 25.0 Å². The summed E-state index contributed by atoms with van der Waals surface area (Å²) in [5, 5.41) is 5.48. The number of ether oxygens (including phenoxy) is 2. The molecule has 0 bridgehead atoms.